The molecule has 1 aliphatic carbocycles. The third-order valence-electron chi connectivity index (χ3n) is 6.21. The van der Waals surface area contributed by atoms with E-state index in [1.807, 2.05) is 20.8 Å². The molecule has 0 aliphatic heterocycles. The van der Waals surface area contributed by atoms with Gasteiger partial charge in [-0.25, -0.2) is 9.18 Å². The van der Waals surface area contributed by atoms with Gasteiger partial charge in [-0.1, -0.05) is 39.5 Å². The number of ether oxygens (including phenoxy) is 1. The van der Waals surface area contributed by atoms with Gasteiger partial charge in [0.25, 0.3) is 5.91 Å². The topological polar surface area (TPSA) is 78.2 Å². The number of aryl methyl sites for hydroxylation is 1. The molecule has 8 heteroatoms. The number of aromatic nitrogens is 3. The molecular formula is C24H35FN4O3. The van der Waals surface area contributed by atoms with E-state index < -0.39 is 11.5 Å². The Bertz CT molecular complexity index is 992. The molecule has 1 aromatic heterocycles. The zero-order chi connectivity index (χ0) is 23.3. The van der Waals surface area contributed by atoms with Crippen molar-refractivity contribution in [3.8, 4) is 11.4 Å². The number of halogens is 1. The lowest BCUT2D eigenvalue weighted by Crippen LogP contribution is -2.31. The number of amides is 1. The first-order valence-corrected chi connectivity index (χ1v) is 11.8. The highest BCUT2D eigenvalue weighted by Crippen LogP contribution is 2.28. The summed E-state index contributed by atoms with van der Waals surface area (Å²) in [5.74, 6) is 0.220. The Balaban J connectivity index is 1.94. The monoisotopic (exact) mass is 446 g/mol. The summed E-state index contributed by atoms with van der Waals surface area (Å²) < 4.78 is 23.6. The zero-order valence-corrected chi connectivity index (χ0v) is 19.6. The van der Waals surface area contributed by atoms with Crippen molar-refractivity contribution in [1.29, 1.82) is 0 Å². The van der Waals surface area contributed by atoms with Gasteiger partial charge in [-0.3, -0.25) is 9.36 Å². The maximum absolute atomic E-state index is 15.1. The van der Waals surface area contributed by atoms with Crippen molar-refractivity contribution in [2.24, 2.45) is 13.0 Å². The summed E-state index contributed by atoms with van der Waals surface area (Å²) >= 11 is 0. The lowest BCUT2D eigenvalue weighted by atomic mass is 9.89. The van der Waals surface area contributed by atoms with E-state index in [1.54, 1.807) is 7.05 Å². The first-order chi connectivity index (χ1) is 15.3. The number of carbonyl (C=O) groups excluding carboxylic acids is 1. The predicted molar refractivity (Wildman–Crippen MR) is 122 cm³/mol. The van der Waals surface area contributed by atoms with Crippen molar-refractivity contribution in [2.45, 2.75) is 78.2 Å². The summed E-state index contributed by atoms with van der Waals surface area (Å²) in [4.78, 5) is 25.6. The molecule has 7 nitrogen and oxygen atoms in total. The lowest BCUT2D eigenvalue weighted by molar-refractivity contribution is 0.0936. The van der Waals surface area contributed by atoms with Crippen LogP contribution in [0.15, 0.2) is 16.9 Å². The quantitative estimate of drug-likeness (QED) is 0.628. The fourth-order valence-corrected chi connectivity index (χ4v) is 4.33. The minimum atomic E-state index is -0.689. The molecule has 1 amide bonds. The molecule has 1 aliphatic rings. The van der Waals surface area contributed by atoms with Crippen LogP contribution in [0.3, 0.4) is 0 Å². The fourth-order valence-electron chi connectivity index (χ4n) is 4.33. The van der Waals surface area contributed by atoms with Crippen molar-refractivity contribution >= 4 is 5.91 Å². The summed E-state index contributed by atoms with van der Waals surface area (Å²) in [6.07, 6.45) is 7.92. The maximum atomic E-state index is 15.1. The summed E-state index contributed by atoms with van der Waals surface area (Å²) in [6.45, 7) is 6.42. The van der Waals surface area contributed by atoms with Crippen LogP contribution in [-0.4, -0.2) is 32.9 Å². The molecule has 0 saturated heterocycles. The van der Waals surface area contributed by atoms with Crippen molar-refractivity contribution in [3.63, 3.8) is 0 Å². The van der Waals surface area contributed by atoms with Crippen LogP contribution in [0.5, 0.6) is 5.75 Å². The average Bonchev–Trinajstić information content (AvgIpc) is 3.07. The van der Waals surface area contributed by atoms with Crippen LogP contribution in [0.2, 0.25) is 0 Å². The van der Waals surface area contributed by atoms with Crippen LogP contribution >= 0.6 is 0 Å². The summed E-state index contributed by atoms with van der Waals surface area (Å²) in [5.41, 5.74) is -0.319. The van der Waals surface area contributed by atoms with Gasteiger partial charge >= 0.3 is 5.69 Å². The molecule has 1 aromatic carbocycles. The molecule has 0 spiro atoms. The fraction of sp³-hybridized carbons (Fsp3) is 0.625. The Labute approximate surface area is 189 Å². The van der Waals surface area contributed by atoms with E-state index in [4.69, 9.17) is 4.74 Å². The molecule has 0 radical (unpaired) electrons. The van der Waals surface area contributed by atoms with Crippen molar-refractivity contribution in [2.75, 3.05) is 6.54 Å². The highest BCUT2D eigenvalue weighted by Gasteiger charge is 2.23. The van der Waals surface area contributed by atoms with Crippen molar-refractivity contribution in [1.82, 2.24) is 19.7 Å². The molecule has 1 saturated carbocycles. The van der Waals surface area contributed by atoms with Crippen molar-refractivity contribution < 1.29 is 13.9 Å². The van der Waals surface area contributed by atoms with E-state index in [9.17, 15) is 9.59 Å². The molecule has 1 heterocycles. The van der Waals surface area contributed by atoms with Crippen LogP contribution in [-0.2, 0) is 13.5 Å². The van der Waals surface area contributed by atoms with Gasteiger partial charge in [-0.2, -0.15) is 4.68 Å². The van der Waals surface area contributed by atoms with Crippen molar-refractivity contribution in [3.05, 3.63) is 39.8 Å². The average molecular weight is 447 g/mol. The predicted octanol–water partition coefficient (Wildman–Crippen LogP) is 4.15. The molecular weight excluding hydrogens is 411 g/mol. The third-order valence-corrected chi connectivity index (χ3v) is 6.21. The molecule has 0 bridgehead atoms. The number of hydrogen-bond donors (Lipinski definition) is 1. The van der Waals surface area contributed by atoms with Crippen LogP contribution in [0.25, 0.3) is 5.69 Å². The van der Waals surface area contributed by atoms with Gasteiger partial charge in [0, 0.05) is 26.1 Å². The van der Waals surface area contributed by atoms with Gasteiger partial charge in [0.05, 0.1) is 11.7 Å². The second kappa shape index (κ2) is 10.8. The number of carbonyl (C=O) groups is 1. The maximum Gasteiger partial charge on any atom is 0.350 e. The van der Waals surface area contributed by atoms with Gasteiger partial charge in [0.15, 0.2) is 0 Å². The SMILES string of the molecule is CCCC(C)Oc1cc(-n2nc(CC)n(C)c2=O)c(F)cc1C(=O)NCC1CCCCC1. The summed E-state index contributed by atoms with van der Waals surface area (Å²) in [7, 11) is 1.61. The van der Waals surface area contributed by atoms with Gasteiger partial charge in [0.2, 0.25) is 0 Å². The Kier molecular flexibility index (Phi) is 8.10. The Hall–Kier alpha value is -2.64. The van der Waals surface area contributed by atoms with Gasteiger partial charge in [-0.15, -0.1) is 5.10 Å². The minimum Gasteiger partial charge on any atom is -0.490 e. The minimum absolute atomic E-state index is 0.0205. The second-order valence-corrected chi connectivity index (χ2v) is 8.75. The van der Waals surface area contributed by atoms with Crippen LogP contribution in [0.1, 0.15) is 81.9 Å². The lowest BCUT2D eigenvalue weighted by Gasteiger charge is -2.22. The second-order valence-electron chi connectivity index (χ2n) is 8.75. The van der Waals surface area contributed by atoms with Gasteiger partial charge in [-0.05, 0) is 38.2 Å². The van der Waals surface area contributed by atoms with Gasteiger partial charge in [0.1, 0.15) is 23.1 Å². The Morgan fingerprint density at radius 2 is 2.00 bits per heavy atom. The molecule has 1 N–H and O–H groups in total. The first kappa shape index (κ1) is 24.0. The normalized spacial score (nSPS) is 15.5. The molecule has 2 aromatic rings. The third kappa shape index (κ3) is 5.40. The molecule has 1 fully saturated rings. The molecule has 1 unspecified atom stereocenters. The smallest absolute Gasteiger partial charge is 0.350 e. The Morgan fingerprint density at radius 1 is 1.28 bits per heavy atom. The van der Waals surface area contributed by atoms with E-state index >= 15 is 4.39 Å². The number of nitrogens with zero attached hydrogens (tertiary/aromatic N) is 3. The Morgan fingerprint density at radius 3 is 2.62 bits per heavy atom. The molecule has 3 rings (SSSR count). The highest BCUT2D eigenvalue weighted by molar-refractivity contribution is 5.97. The molecule has 32 heavy (non-hydrogen) atoms. The largest absolute Gasteiger partial charge is 0.490 e. The number of nitrogens with one attached hydrogen (secondary N) is 1. The zero-order valence-electron chi connectivity index (χ0n) is 19.6. The number of benzene rings is 1. The van der Waals surface area contributed by atoms with Crippen LogP contribution < -0.4 is 15.7 Å². The van der Waals surface area contributed by atoms with E-state index in [-0.39, 0.29) is 29.0 Å². The number of rotatable bonds is 9. The first-order valence-electron chi connectivity index (χ1n) is 11.8. The van der Waals surface area contributed by atoms with E-state index in [2.05, 4.69) is 10.4 Å². The van der Waals surface area contributed by atoms with E-state index in [1.165, 1.54) is 29.9 Å². The van der Waals surface area contributed by atoms with Crippen LogP contribution in [0, 0.1) is 11.7 Å². The van der Waals surface area contributed by atoms with E-state index in [0.717, 1.165) is 36.4 Å². The van der Waals surface area contributed by atoms with E-state index in [0.29, 0.717) is 24.7 Å². The summed E-state index contributed by atoms with van der Waals surface area (Å²) in [5, 5.41) is 7.22. The number of hydrogen-bond acceptors (Lipinski definition) is 4. The molecule has 176 valence electrons. The standard InChI is InChI=1S/C24H35FN4O3/c1-5-10-16(3)32-21-14-20(29-24(31)28(4)22(6-2)27-29)19(25)13-18(21)23(30)26-15-17-11-8-7-9-12-17/h13-14,16-17H,5-12,15H2,1-4H3,(H,26,30). The highest BCUT2D eigenvalue weighted by atomic mass is 19.1. The molecule has 1 atom stereocenters. The summed E-state index contributed by atoms with van der Waals surface area (Å²) in [6, 6.07) is 2.58. The van der Waals surface area contributed by atoms with Gasteiger partial charge < -0.3 is 10.1 Å². The van der Waals surface area contributed by atoms with Crippen LogP contribution in [0.4, 0.5) is 4.39 Å².